The van der Waals surface area contributed by atoms with Crippen LogP contribution in [0.2, 0.25) is 0 Å². The molecule has 0 rings (SSSR count). The maximum absolute atomic E-state index is 11.4. The van der Waals surface area contributed by atoms with Gasteiger partial charge in [0.2, 0.25) is 5.91 Å². The van der Waals surface area contributed by atoms with Gasteiger partial charge in [0, 0.05) is 12.1 Å². The summed E-state index contributed by atoms with van der Waals surface area (Å²) in [5, 5.41) is 6.12. The molecule has 0 aliphatic carbocycles. The summed E-state index contributed by atoms with van der Waals surface area (Å²) in [6.07, 6.45) is 0.978. The van der Waals surface area contributed by atoms with Gasteiger partial charge >= 0.3 is 0 Å². The van der Waals surface area contributed by atoms with E-state index in [0.717, 1.165) is 6.42 Å². The lowest BCUT2D eigenvalue weighted by atomic mass is 10.1. The Morgan fingerprint density at radius 2 is 1.79 bits per heavy atom. The van der Waals surface area contributed by atoms with Gasteiger partial charge in [-0.25, -0.2) is 0 Å². The van der Waals surface area contributed by atoms with Crippen molar-refractivity contribution >= 4 is 5.91 Å². The predicted octanol–water partition coefficient (Wildman–Crippen LogP) is 1.54. The van der Waals surface area contributed by atoms with E-state index in [0.29, 0.717) is 18.5 Å². The monoisotopic (exact) mass is 200 g/mol. The first-order chi connectivity index (χ1) is 6.47. The molecule has 0 aromatic rings. The molecule has 2 N–H and O–H groups in total. The Morgan fingerprint density at radius 3 is 2.21 bits per heavy atom. The Labute approximate surface area is 87.6 Å². The summed E-state index contributed by atoms with van der Waals surface area (Å²) in [7, 11) is 0. The van der Waals surface area contributed by atoms with Gasteiger partial charge in [0.15, 0.2) is 0 Å². The maximum atomic E-state index is 11.4. The molecule has 0 fully saturated rings. The van der Waals surface area contributed by atoms with Crippen LogP contribution in [0.15, 0.2) is 0 Å². The minimum absolute atomic E-state index is 0.0897. The average molecular weight is 200 g/mol. The van der Waals surface area contributed by atoms with Gasteiger partial charge in [-0.05, 0) is 26.2 Å². The number of hydrogen-bond acceptors (Lipinski definition) is 2. The molecule has 0 aliphatic rings. The Balaban J connectivity index is 3.64. The standard InChI is InChI=1S/C11H24N2O/c1-6-9(4)13-11(14)7-12-10(5)8(2)3/h8-10,12H,6-7H2,1-5H3,(H,13,14). The highest BCUT2D eigenvalue weighted by Gasteiger charge is 2.09. The van der Waals surface area contributed by atoms with Crippen LogP contribution >= 0.6 is 0 Å². The van der Waals surface area contributed by atoms with Crippen LogP contribution in [0.25, 0.3) is 0 Å². The zero-order chi connectivity index (χ0) is 11.1. The smallest absolute Gasteiger partial charge is 0.234 e. The van der Waals surface area contributed by atoms with Crippen molar-refractivity contribution in [1.29, 1.82) is 0 Å². The molecule has 0 saturated heterocycles. The average Bonchev–Trinajstić information content (AvgIpc) is 2.13. The molecule has 0 radical (unpaired) electrons. The van der Waals surface area contributed by atoms with E-state index >= 15 is 0 Å². The fourth-order valence-electron chi connectivity index (χ4n) is 0.917. The van der Waals surface area contributed by atoms with Crippen molar-refractivity contribution in [2.75, 3.05) is 6.54 Å². The first-order valence-electron chi connectivity index (χ1n) is 5.50. The van der Waals surface area contributed by atoms with Crippen molar-refractivity contribution in [3.05, 3.63) is 0 Å². The minimum Gasteiger partial charge on any atom is -0.353 e. The zero-order valence-electron chi connectivity index (χ0n) is 10.1. The van der Waals surface area contributed by atoms with Gasteiger partial charge in [-0.1, -0.05) is 20.8 Å². The molecule has 2 atom stereocenters. The lowest BCUT2D eigenvalue weighted by molar-refractivity contribution is -0.121. The van der Waals surface area contributed by atoms with Crippen LogP contribution in [0.3, 0.4) is 0 Å². The van der Waals surface area contributed by atoms with E-state index in [2.05, 4.69) is 38.3 Å². The molecule has 2 unspecified atom stereocenters. The molecule has 0 heterocycles. The van der Waals surface area contributed by atoms with Gasteiger partial charge in [0.25, 0.3) is 0 Å². The summed E-state index contributed by atoms with van der Waals surface area (Å²) in [4.78, 5) is 11.4. The minimum atomic E-state index is 0.0897. The molecule has 0 spiro atoms. The third-order valence-corrected chi connectivity index (χ3v) is 2.60. The summed E-state index contributed by atoms with van der Waals surface area (Å²) in [6, 6.07) is 0.663. The van der Waals surface area contributed by atoms with E-state index in [4.69, 9.17) is 0 Å². The highest BCUT2D eigenvalue weighted by Crippen LogP contribution is 1.98. The quantitative estimate of drug-likeness (QED) is 0.683. The van der Waals surface area contributed by atoms with Crippen molar-refractivity contribution in [2.24, 2.45) is 5.92 Å². The Hall–Kier alpha value is -0.570. The van der Waals surface area contributed by atoms with Crippen molar-refractivity contribution < 1.29 is 4.79 Å². The van der Waals surface area contributed by atoms with Crippen LogP contribution in [0, 0.1) is 5.92 Å². The third kappa shape index (κ3) is 5.97. The topological polar surface area (TPSA) is 41.1 Å². The lowest BCUT2D eigenvalue weighted by Gasteiger charge is -2.18. The molecule has 0 aliphatic heterocycles. The molecule has 14 heavy (non-hydrogen) atoms. The molecule has 3 heteroatoms. The predicted molar refractivity (Wildman–Crippen MR) is 60.2 cm³/mol. The summed E-state index contributed by atoms with van der Waals surface area (Å²) in [5.41, 5.74) is 0. The van der Waals surface area contributed by atoms with E-state index in [-0.39, 0.29) is 11.9 Å². The van der Waals surface area contributed by atoms with E-state index in [9.17, 15) is 4.79 Å². The fraction of sp³-hybridized carbons (Fsp3) is 0.909. The SMILES string of the molecule is CCC(C)NC(=O)CNC(C)C(C)C. The van der Waals surface area contributed by atoms with Crippen LogP contribution in [0.5, 0.6) is 0 Å². The largest absolute Gasteiger partial charge is 0.353 e. The van der Waals surface area contributed by atoms with Crippen LogP contribution in [0.4, 0.5) is 0 Å². The highest BCUT2D eigenvalue weighted by molar-refractivity contribution is 5.78. The van der Waals surface area contributed by atoms with Crippen molar-refractivity contribution in [3.8, 4) is 0 Å². The Kier molecular flexibility index (Phi) is 6.54. The first kappa shape index (κ1) is 13.4. The van der Waals surface area contributed by atoms with Gasteiger partial charge < -0.3 is 10.6 Å². The van der Waals surface area contributed by atoms with Gasteiger partial charge in [0.05, 0.1) is 6.54 Å². The molecule has 0 saturated carbocycles. The highest BCUT2D eigenvalue weighted by atomic mass is 16.1. The number of nitrogens with one attached hydrogen (secondary N) is 2. The van der Waals surface area contributed by atoms with E-state index in [1.54, 1.807) is 0 Å². The van der Waals surface area contributed by atoms with Crippen LogP contribution in [-0.2, 0) is 4.79 Å². The molecule has 0 aromatic carbocycles. The van der Waals surface area contributed by atoms with Crippen LogP contribution in [-0.4, -0.2) is 24.5 Å². The van der Waals surface area contributed by atoms with Crippen molar-refractivity contribution in [2.45, 2.75) is 53.1 Å². The summed E-state index contributed by atoms with van der Waals surface area (Å²) in [6.45, 7) is 10.9. The van der Waals surface area contributed by atoms with Crippen LogP contribution in [0.1, 0.15) is 41.0 Å². The summed E-state index contributed by atoms with van der Waals surface area (Å²) >= 11 is 0. The second-order valence-electron chi connectivity index (χ2n) is 4.29. The Morgan fingerprint density at radius 1 is 1.21 bits per heavy atom. The van der Waals surface area contributed by atoms with Gasteiger partial charge in [0.1, 0.15) is 0 Å². The van der Waals surface area contributed by atoms with Gasteiger partial charge in [-0.2, -0.15) is 0 Å². The molecule has 3 nitrogen and oxygen atoms in total. The number of rotatable bonds is 6. The summed E-state index contributed by atoms with van der Waals surface area (Å²) in [5.74, 6) is 0.651. The molecule has 1 amide bonds. The van der Waals surface area contributed by atoms with Crippen LogP contribution < -0.4 is 10.6 Å². The van der Waals surface area contributed by atoms with Gasteiger partial charge in [-0.3, -0.25) is 4.79 Å². The first-order valence-corrected chi connectivity index (χ1v) is 5.50. The second kappa shape index (κ2) is 6.82. The fourth-order valence-corrected chi connectivity index (χ4v) is 0.917. The maximum Gasteiger partial charge on any atom is 0.234 e. The summed E-state index contributed by atoms with van der Waals surface area (Å²) < 4.78 is 0. The molecule has 84 valence electrons. The number of hydrogen-bond donors (Lipinski definition) is 2. The number of amides is 1. The molecule has 0 aromatic heterocycles. The third-order valence-electron chi connectivity index (χ3n) is 2.60. The van der Waals surface area contributed by atoms with Crippen molar-refractivity contribution in [1.82, 2.24) is 10.6 Å². The van der Waals surface area contributed by atoms with E-state index in [1.807, 2.05) is 6.92 Å². The molecular formula is C11H24N2O. The van der Waals surface area contributed by atoms with E-state index < -0.39 is 0 Å². The zero-order valence-corrected chi connectivity index (χ0v) is 10.1. The van der Waals surface area contributed by atoms with E-state index in [1.165, 1.54) is 0 Å². The van der Waals surface area contributed by atoms with Gasteiger partial charge in [-0.15, -0.1) is 0 Å². The number of carbonyl (C=O) groups is 1. The second-order valence-corrected chi connectivity index (χ2v) is 4.29. The molecular weight excluding hydrogens is 176 g/mol. The van der Waals surface area contributed by atoms with Crippen molar-refractivity contribution in [3.63, 3.8) is 0 Å². The normalized spacial score (nSPS) is 15.3. The lowest BCUT2D eigenvalue weighted by Crippen LogP contribution is -2.42. The Bertz CT molecular complexity index is 169. The molecule has 0 bridgehead atoms. The number of carbonyl (C=O) groups excluding carboxylic acids is 1.